The van der Waals surface area contributed by atoms with Gasteiger partial charge in [-0.1, -0.05) is 20.4 Å². The lowest BCUT2D eigenvalue weighted by molar-refractivity contribution is -0.136. The van der Waals surface area contributed by atoms with Crippen molar-refractivity contribution in [2.75, 3.05) is 5.94 Å². The van der Waals surface area contributed by atoms with Gasteiger partial charge in [-0.3, -0.25) is 0 Å². The van der Waals surface area contributed by atoms with E-state index >= 15 is 0 Å². The Balaban J connectivity index is 3.40. The molecule has 3 heteroatoms. The van der Waals surface area contributed by atoms with Gasteiger partial charge in [0, 0.05) is 10.8 Å². The van der Waals surface area contributed by atoms with Crippen LogP contribution in [0.4, 0.5) is 0 Å². The van der Waals surface area contributed by atoms with Gasteiger partial charge in [0.15, 0.2) is 0 Å². The molecule has 0 rings (SSSR count). The van der Waals surface area contributed by atoms with Crippen LogP contribution in [-0.2, 0) is 9.53 Å². The molecule has 0 radical (unpaired) electrons. The Morgan fingerprint density at radius 2 is 2.18 bits per heavy atom. The molecule has 0 aromatic carbocycles. The first-order valence-electron chi connectivity index (χ1n) is 3.48. The zero-order valence-corrected chi connectivity index (χ0v) is 8.03. The van der Waals surface area contributed by atoms with Gasteiger partial charge < -0.3 is 4.74 Å². The third-order valence-electron chi connectivity index (χ3n) is 0.940. The molecule has 0 aromatic heterocycles. The Morgan fingerprint density at radius 1 is 1.64 bits per heavy atom. The fourth-order valence-corrected chi connectivity index (χ4v) is 0.794. The van der Waals surface area contributed by atoms with Crippen molar-refractivity contribution >= 4 is 17.7 Å². The van der Waals surface area contributed by atoms with Crippen LogP contribution in [0.3, 0.4) is 0 Å². The van der Waals surface area contributed by atoms with Gasteiger partial charge in [-0.15, -0.1) is 11.8 Å². The molecule has 11 heavy (non-hydrogen) atoms. The minimum atomic E-state index is -0.307. The molecule has 0 heterocycles. The topological polar surface area (TPSA) is 26.3 Å². The quantitative estimate of drug-likeness (QED) is 0.371. The maximum Gasteiger partial charge on any atom is 0.333 e. The predicted octanol–water partition coefficient (Wildman–Crippen LogP) is 2.20. The second-order valence-corrected chi connectivity index (χ2v) is 4.06. The summed E-state index contributed by atoms with van der Waals surface area (Å²) in [6.07, 6.45) is 0. The van der Waals surface area contributed by atoms with Crippen molar-refractivity contribution in [2.45, 2.75) is 26.0 Å². The number of carbonyl (C=O) groups excluding carboxylic acids is 1. The summed E-state index contributed by atoms with van der Waals surface area (Å²) in [5.74, 6) is 0.113. The van der Waals surface area contributed by atoms with Crippen molar-refractivity contribution in [2.24, 2.45) is 0 Å². The number of ether oxygens (including phenoxy) is 1. The molecule has 0 amide bonds. The molecule has 0 unspecified atom stereocenters. The molecule has 0 bridgehead atoms. The van der Waals surface area contributed by atoms with E-state index in [1.807, 2.05) is 0 Å². The number of rotatable bonds is 4. The molecular weight excluding hydrogens is 160 g/mol. The summed E-state index contributed by atoms with van der Waals surface area (Å²) in [4.78, 5) is 10.8. The first kappa shape index (κ1) is 10.6. The van der Waals surface area contributed by atoms with Gasteiger partial charge in [0.2, 0.25) is 0 Å². The summed E-state index contributed by atoms with van der Waals surface area (Å²) < 4.78 is 4.84. The number of carbonyl (C=O) groups is 1. The molecular formula is C8H14O2S. The maximum atomic E-state index is 10.8. The van der Waals surface area contributed by atoms with Crippen LogP contribution in [0, 0.1) is 0 Å². The minimum Gasteiger partial charge on any atom is -0.451 e. The Bertz CT molecular complexity index is 152. The standard InChI is InChI=1S/C8H14O2S/c1-6(2)8(9)10-5-11-7(3)4/h7H,1,5H2,2-4H3. The van der Waals surface area contributed by atoms with Crippen molar-refractivity contribution in [3.05, 3.63) is 12.2 Å². The lowest BCUT2D eigenvalue weighted by atomic mass is 10.4. The molecule has 0 aliphatic carbocycles. The first-order valence-corrected chi connectivity index (χ1v) is 4.53. The van der Waals surface area contributed by atoms with Gasteiger partial charge in [-0.2, -0.15) is 0 Å². The van der Waals surface area contributed by atoms with Crippen LogP contribution in [0.1, 0.15) is 20.8 Å². The van der Waals surface area contributed by atoms with Gasteiger partial charge >= 0.3 is 5.97 Å². The molecule has 0 aliphatic rings. The van der Waals surface area contributed by atoms with Gasteiger partial charge in [0.1, 0.15) is 5.94 Å². The van der Waals surface area contributed by atoms with Crippen LogP contribution in [-0.4, -0.2) is 17.2 Å². The molecule has 0 saturated heterocycles. The largest absolute Gasteiger partial charge is 0.451 e. The molecule has 0 saturated carbocycles. The van der Waals surface area contributed by atoms with Crippen molar-refractivity contribution in [3.8, 4) is 0 Å². The smallest absolute Gasteiger partial charge is 0.333 e. The maximum absolute atomic E-state index is 10.8. The Hall–Kier alpha value is -0.440. The zero-order valence-electron chi connectivity index (χ0n) is 7.22. The lowest BCUT2D eigenvalue weighted by Crippen LogP contribution is -2.05. The van der Waals surface area contributed by atoms with Crippen LogP contribution < -0.4 is 0 Å². The molecule has 2 nitrogen and oxygen atoms in total. The van der Waals surface area contributed by atoms with E-state index in [2.05, 4.69) is 20.4 Å². The second-order valence-electron chi connectivity index (χ2n) is 2.55. The Morgan fingerprint density at radius 3 is 2.55 bits per heavy atom. The first-order chi connectivity index (χ1) is 5.04. The van der Waals surface area contributed by atoms with Crippen LogP contribution in [0.15, 0.2) is 12.2 Å². The van der Waals surface area contributed by atoms with Crippen LogP contribution in [0.5, 0.6) is 0 Å². The molecule has 64 valence electrons. The highest BCUT2D eigenvalue weighted by atomic mass is 32.2. The Kier molecular flexibility index (Phi) is 5.03. The van der Waals surface area contributed by atoms with E-state index < -0.39 is 0 Å². The van der Waals surface area contributed by atoms with Gasteiger partial charge in [0.05, 0.1) is 0 Å². The van der Waals surface area contributed by atoms with Crippen molar-refractivity contribution < 1.29 is 9.53 Å². The van der Waals surface area contributed by atoms with E-state index in [1.54, 1.807) is 18.7 Å². The molecule has 0 aliphatic heterocycles. The monoisotopic (exact) mass is 174 g/mol. The normalized spacial score (nSPS) is 9.82. The van der Waals surface area contributed by atoms with E-state index in [9.17, 15) is 4.79 Å². The second kappa shape index (κ2) is 5.24. The van der Waals surface area contributed by atoms with Crippen molar-refractivity contribution in [1.82, 2.24) is 0 Å². The van der Waals surface area contributed by atoms with E-state index in [0.717, 1.165) is 0 Å². The summed E-state index contributed by atoms with van der Waals surface area (Å²) in [7, 11) is 0. The van der Waals surface area contributed by atoms with Gasteiger partial charge in [-0.25, -0.2) is 4.79 Å². The fourth-order valence-electron chi connectivity index (χ4n) is 0.347. The molecule has 0 atom stereocenters. The SMILES string of the molecule is C=C(C)C(=O)OCSC(C)C. The van der Waals surface area contributed by atoms with Crippen LogP contribution in [0.25, 0.3) is 0 Å². The van der Waals surface area contributed by atoms with Gasteiger partial charge in [0.25, 0.3) is 0 Å². The third-order valence-corrected chi connectivity index (χ3v) is 1.86. The van der Waals surface area contributed by atoms with Gasteiger partial charge in [-0.05, 0) is 6.92 Å². The third kappa shape index (κ3) is 5.98. The van der Waals surface area contributed by atoms with E-state index in [-0.39, 0.29) is 5.97 Å². The fraction of sp³-hybridized carbons (Fsp3) is 0.625. The van der Waals surface area contributed by atoms with Crippen molar-refractivity contribution in [3.63, 3.8) is 0 Å². The van der Waals surface area contributed by atoms with Crippen LogP contribution in [0.2, 0.25) is 0 Å². The number of esters is 1. The summed E-state index contributed by atoms with van der Waals surface area (Å²) in [5, 5.41) is 0.493. The summed E-state index contributed by atoms with van der Waals surface area (Å²) in [6, 6.07) is 0. The number of hydrogen-bond acceptors (Lipinski definition) is 3. The van der Waals surface area contributed by atoms with E-state index in [4.69, 9.17) is 4.74 Å². The van der Waals surface area contributed by atoms with Crippen LogP contribution >= 0.6 is 11.8 Å². The average Bonchev–Trinajstić information content (AvgIpc) is 1.86. The minimum absolute atomic E-state index is 0.307. The highest BCUT2D eigenvalue weighted by Crippen LogP contribution is 2.09. The average molecular weight is 174 g/mol. The predicted molar refractivity (Wildman–Crippen MR) is 48.5 cm³/mol. The molecule has 0 N–H and O–H groups in total. The van der Waals surface area contributed by atoms with Crippen molar-refractivity contribution in [1.29, 1.82) is 0 Å². The summed E-state index contributed by atoms with van der Waals surface area (Å²) >= 11 is 1.59. The summed E-state index contributed by atoms with van der Waals surface area (Å²) in [5.41, 5.74) is 0.453. The highest BCUT2D eigenvalue weighted by molar-refractivity contribution is 7.99. The van der Waals surface area contributed by atoms with E-state index in [0.29, 0.717) is 16.8 Å². The summed E-state index contributed by atoms with van der Waals surface area (Å²) in [6.45, 7) is 9.22. The zero-order chi connectivity index (χ0) is 8.85. The number of hydrogen-bond donors (Lipinski definition) is 0. The Labute approximate surface area is 72.0 Å². The molecule has 0 aromatic rings. The lowest BCUT2D eigenvalue weighted by Gasteiger charge is -2.05. The highest BCUT2D eigenvalue weighted by Gasteiger charge is 2.02. The van der Waals surface area contributed by atoms with E-state index in [1.165, 1.54) is 0 Å². The number of thioether (sulfide) groups is 1. The molecule has 0 spiro atoms. The molecule has 0 fully saturated rings.